The molecule has 1 aliphatic rings. The normalized spacial score (nSPS) is 12.4. The van der Waals surface area contributed by atoms with E-state index in [0.29, 0.717) is 33.4 Å². The van der Waals surface area contributed by atoms with Gasteiger partial charge in [0.2, 0.25) is 0 Å². The van der Waals surface area contributed by atoms with Crippen LogP contribution >= 0.6 is 0 Å². The van der Waals surface area contributed by atoms with Crippen LogP contribution in [0.15, 0.2) is 78.9 Å². The maximum atomic E-state index is 13.7. The first-order chi connectivity index (χ1) is 17.0. The number of nitrogens with zero attached hydrogens (tertiary/aromatic N) is 3. The number of nitrogens with one attached hydrogen (secondary N) is 1. The lowest BCUT2D eigenvalue weighted by atomic mass is 9.82. The summed E-state index contributed by atoms with van der Waals surface area (Å²) in [4.78, 5) is 27.3. The molecule has 170 valence electrons. The quantitative estimate of drug-likeness (QED) is 0.386. The molecule has 1 N–H and O–H groups in total. The summed E-state index contributed by atoms with van der Waals surface area (Å²) < 4.78 is 6.94. The van der Waals surface area contributed by atoms with E-state index in [1.54, 1.807) is 36.1 Å². The molecule has 1 aliphatic carbocycles. The lowest BCUT2D eigenvalue weighted by Gasteiger charge is -2.21. The number of anilines is 2. The number of fused-ring (bicyclic) bond motifs is 4. The van der Waals surface area contributed by atoms with E-state index in [2.05, 4.69) is 15.6 Å². The molecule has 35 heavy (non-hydrogen) atoms. The Kier molecular flexibility index (Phi) is 4.70. The van der Waals surface area contributed by atoms with Crippen molar-refractivity contribution in [1.82, 2.24) is 15.0 Å². The number of aryl methyl sites for hydroxylation is 1. The summed E-state index contributed by atoms with van der Waals surface area (Å²) in [5.41, 5.74) is 5.54. The second-order valence-corrected chi connectivity index (χ2v) is 8.44. The van der Waals surface area contributed by atoms with E-state index in [0.717, 1.165) is 22.7 Å². The van der Waals surface area contributed by atoms with Gasteiger partial charge in [0.25, 0.3) is 0 Å². The van der Waals surface area contributed by atoms with Crippen molar-refractivity contribution in [1.29, 1.82) is 0 Å². The van der Waals surface area contributed by atoms with E-state index in [1.807, 2.05) is 61.5 Å². The minimum absolute atomic E-state index is 0.224. The van der Waals surface area contributed by atoms with E-state index in [9.17, 15) is 9.59 Å². The molecule has 0 amide bonds. The van der Waals surface area contributed by atoms with Crippen molar-refractivity contribution in [2.45, 2.75) is 6.92 Å². The highest BCUT2D eigenvalue weighted by molar-refractivity contribution is 6.33. The molecule has 0 atom stereocenters. The minimum atomic E-state index is -0.241. The number of ketones is 2. The first-order valence-corrected chi connectivity index (χ1v) is 11.1. The number of ether oxygens (including phenoxy) is 1. The van der Waals surface area contributed by atoms with Gasteiger partial charge in [0.05, 0.1) is 35.1 Å². The van der Waals surface area contributed by atoms with Gasteiger partial charge >= 0.3 is 0 Å². The van der Waals surface area contributed by atoms with Crippen LogP contribution in [0.25, 0.3) is 16.7 Å². The zero-order valence-corrected chi connectivity index (χ0v) is 19.1. The van der Waals surface area contributed by atoms with Crippen LogP contribution < -0.4 is 10.1 Å². The first kappa shape index (κ1) is 20.8. The van der Waals surface area contributed by atoms with Gasteiger partial charge in [0.15, 0.2) is 11.6 Å². The van der Waals surface area contributed by atoms with Crippen LogP contribution in [0.2, 0.25) is 0 Å². The summed E-state index contributed by atoms with van der Waals surface area (Å²) in [5.74, 6) is 0.252. The van der Waals surface area contributed by atoms with Gasteiger partial charge in [-0.05, 0) is 49.4 Å². The zero-order valence-electron chi connectivity index (χ0n) is 19.1. The van der Waals surface area contributed by atoms with Gasteiger partial charge in [-0.2, -0.15) is 0 Å². The van der Waals surface area contributed by atoms with Crippen molar-refractivity contribution in [3.63, 3.8) is 0 Å². The second kappa shape index (κ2) is 7.92. The van der Waals surface area contributed by atoms with Crippen molar-refractivity contribution in [2.75, 3.05) is 12.4 Å². The highest BCUT2D eigenvalue weighted by atomic mass is 16.5. The molecule has 0 radical (unpaired) electrons. The SMILES string of the molecule is COc1ccc(Nc2cc3c(nnn3-c3ccc(C)cc3)c3c2C(=O)c2ccccc2C3=O)cc1. The largest absolute Gasteiger partial charge is 0.497 e. The predicted molar refractivity (Wildman–Crippen MR) is 133 cm³/mol. The first-order valence-electron chi connectivity index (χ1n) is 11.1. The van der Waals surface area contributed by atoms with Gasteiger partial charge < -0.3 is 10.1 Å². The Balaban J connectivity index is 1.61. The maximum Gasteiger partial charge on any atom is 0.196 e. The van der Waals surface area contributed by atoms with Crippen LogP contribution in [0.3, 0.4) is 0 Å². The smallest absolute Gasteiger partial charge is 0.196 e. The third kappa shape index (κ3) is 3.28. The third-order valence-electron chi connectivity index (χ3n) is 6.26. The summed E-state index contributed by atoms with van der Waals surface area (Å²) in [6.45, 7) is 2.01. The standard InChI is InChI=1S/C28H20N4O3/c1-16-7-11-18(12-8-16)32-23-15-22(29-17-9-13-19(35-2)14-10-17)24-25(26(23)30-31-32)28(34)21-6-4-3-5-20(21)27(24)33/h3-15,29H,1-2H3. The summed E-state index contributed by atoms with van der Waals surface area (Å²) in [7, 11) is 1.60. The third-order valence-corrected chi connectivity index (χ3v) is 6.26. The fourth-order valence-electron chi connectivity index (χ4n) is 4.47. The number of aromatic nitrogens is 3. The lowest BCUT2D eigenvalue weighted by Crippen LogP contribution is -2.22. The Morgan fingerprint density at radius 3 is 2.14 bits per heavy atom. The summed E-state index contributed by atoms with van der Waals surface area (Å²) in [6, 6.07) is 23.9. The maximum absolute atomic E-state index is 13.7. The van der Waals surface area contributed by atoms with Crippen LogP contribution in [0.1, 0.15) is 37.4 Å². The highest BCUT2D eigenvalue weighted by Gasteiger charge is 2.35. The molecule has 0 spiro atoms. The van der Waals surface area contributed by atoms with Crippen LogP contribution in [0.4, 0.5) is 11.4 Å². The molecule has 0 saturated carbocycles. The van der Waals surface area contributed by atoms with Crippen LogP contribution in [0, 0.1) is 6.92 Å². The summed E-state index contributed by atoms with van der Waals surface area (Å²) in [5, 5.41) is 12.0. The van der Waals surface area contributed by atoms with Gasteiger partial charge in [-0.15, -0.1) is 5.10 Å². The molecule has 0 fully saturated rings. The van der Waals surface area contributed by atoms with E-state index < -0.39 is 0 Å². The monoisotopic (exact) mass is 460 g/mol. The zero-order chi connectivity index (χ0) is 24.1. The fraction of sp³-hybridized carbons (Fsp3) is 0.0714. The lowest BCUT2D eigenvalue weighted by molar-refractivity contribution is 0.0981. The Morgan fingerprint density at radius 2 is 1.49 bits per heavy atom. The topological polar surface area (TPSA) is 86.1 Å². The van der Waals surface area contributed by atoms with Gasteiger partial charge in [-0.3, -0.25) is 9.59 Å². The van der Waals surface area contributed by atoms with E-state index in [4.69, 9.17) is 4.74 Å². The molecule has 0 unspecified atom stereocenters. The number of methoxy groups -OCH3 is 1. The van der Waals surface area contributed by atoms with Crippen LogP contribution in [-0.2, 0) is 0 Å². The number of benzene rings is 4. The molecule has 6 rings (SSSR count). The van der Waals surface area contributed by atoms with Gasteiger partial charge in [-0.25, -0.2) is 4.68 Å². The molecule has 0 aliphatic heterocycles. The Hall–Kier alpha value is -4.78. The van der Waals surface area contributed by atoms with Crippen molar-refractivity contribution >= 4 is 34.0 Å². The molecule has 7 heteroatoms. The number of carbonyl (C=O) groups is 2. The van der Waals surface area contributed by atoms with Gasteiger partial charge in [0, 0.05) is 16.8 Å². The minimum Gasteiger partial charge on any atom is -0.497 e. The molecular weight excluding hydrogens is 440 g/mol. The Morgan fingerprint density at radius 1 is 0.829 bits per heavy atom. The Bertz CT molecular complexity index is 1630. The van der Waals surface area contributed by atoms with E-state index >= 15 is 0 Å². The average Bonchev–Trinajstić information content (AvgIpc) is 3.31. The van der Waals surface area contributed by atoms with E-state index in [1.165, 1.54) is 0 Å². The predicted octanol–water partition coefficient (Wildman–Crippen LogP) is 5.26. The molecular formula is C28H20N4O3. The van der Waals surface area contributed by atoms with Crippen molar-refractivity contribution in [3.05, 3.63) is 107 Å². The number of hydrogen-bond acceptors (Lipinski definition) is 6. The second-order valence-electron chi connectivity index (χ2n) is 8.44. The van der Waals surface area contributed by atoms with Gasteiger partial charge in [-0.1, -0.05) is 47.2 Å². The molecule has 7 nitrogen and oxygen atoms in total. The molecule has 1 heterocycles. The summed E-state index contributed by atoms with van der Waals surface area (Å²) >= 11 is 0. The van der Waals surface area contributed by atoms with E-state index in [-0.39, 0.29) is 17.1 Å². The molecule has 5 aromatic rings. The molecule has 0 bridgehead atoms. The summed E-state index contributed by atoms with van der Waals surface area (Å²) in [6.07, 6.45) is 0. The molecule has 0 saturated heterocycles. The van der Waals surface area contributed by atoms with Crippen LogP contribution in [0.5, 0.6) is 5.75 Å². The average molecular weight is 460 g/mol. The van der Waals surface area contributed by atoms with Gasteiger partial charge in [0.1, 0.15) is 11.3 Å². The Labute approximate surface area is 201 Å². The highest BCUT2D eigenvalue weighted by Crippen LogP contribution is 2.38. The molecule has 4 aromatic carbocycles. The number of hydrogen-bond donors (Lipinski definition) is 1. The molecule has 1 aromatic heterocycles. The number of rotatable bonds is 4. The van der Waals surface area contributed by atoms with Crippen molar-refractivity contribution in [3.8, 4) is 11.4 Å². The van der Waals surface area contributed by atoms with Crippen LogP contribution in [-0.4, -0.2) is 33.7 Å². The van der Waals surface area contributed by atoms with Crippen molar-refractivity contribution in [2.24, 2.45) is 0 Å². The van der Waals surface area contributed by atoms with Crippen molar-refractivity contribution < 1.29 is 14.3 Å². The number of carbonyl (C=O) groups excluding carboxylic acids is 2. The fourth-order valence-corrected chi connectivity index (χ4v) is 4.47.